The molecule has 0 bridgehead atoms. The van der Waals surface area contributed by atoms with E-state index in [-0.39, 0.29) is 23.0 Å². The minimum atomic E-state index is -2.48. The van der Waals surface area contributed by atoms with Crippen LogP contribution in [-0.4, -0.2) is 52.5 Å². The summed E-state index contributed by atoms with van der Waals surface area (Å²) in [5.74, 6) is 0.315. The second-order valence-electron chi connectivity index (χ2n) is 10.2. The van der Waals surface area contributed by atoms with Gasteiger partial charge in [0.05, 0.1) is 12.7 Å². The van der Waals surface area contributed by atoms with E-state index in [2.05, 4.69) is 93.6 Å². The van der Waals surface area contributed by atoms with Gasteiger partial charge >= 0.3 is 0 Å². The fourth-order valence-corrected chi connectivity index (χ4v) is 9.23. The minimum Gasteiger partial charge on any atom is -0.407 e. The van der Waals surface area contributed by atoms with E-state index in [9.17, 15) is 4.79 Å². The third-order valence-electron chi connectivity index (χ3n) is 6.43. The first-order valence-corrected chi connectivity index (χ1v) is 13.9. The third-order valence-corrected chi connectivity index (χ3v) is 11.5. The van der Waals surface area contributed by atoms with Gasteiger partial charge in [-0.05, 0) is 28.3 Å². The summed E-state index contributed by atoms with van der Waals surface area (Å²) in [4.78, 5) is 13.6. The number of nitrogens with zero attached hydrogens (tertiary/aromatic N) is 1. The van der Waals surface area contributed by atoms with Gasteiger partial charge in [-0.3, -0.25) is 4.79 Å². The number of amides is 1. The van der Waals surface area contributed by atoms with Crippen LogP contribution in [0.25, 0.3) is 0 Å². The summed E-state index contributed by atoms with van der Waals surface area (Å²) >= 11 is 0. The highest BCUT2D eigenvalue weighted by Gasteiger charge is 2.49. The Morgan fingerprint density at radius 2 is 1.58 bits per heavy atom. The van der Waals surface area contributed by atoms with Crippen LogP contribution in [0.2, 0.25) is 5.04 Å². The summed E-state index contributed by atoms with van der Waals surface area (Å²) in [6.45, 7) is 8.23. The quantitative estimate of drug-likeness (QED) is 0.313. The molecule has 0 spiro atoms. The van der Waals surface area contributed by atoms with E-state index >= 15 is 0 Å². The molecule has 4 nitrogen and oxygen atoms in total. The summed E-state index contributed by atoms with van der Waals surface area (Å²) in [5, 5.41) is 2.61. The first-order valence-electron chi connectivity index (χ1n) is 12.0. The van der Waals surface area contributed by atoms with Crippen molar-refractivity contribution in [2.24, 2.45) is 5.92 Å². The van der Waals surface area contributed by atoms with Gasteiger partial charge in [0.1, 0.15) is 0 Å². The van der Waals surface area contributed by atoms with E-state index in [1.165, 1.54) is 10.4 Å². The van der Waals surface area contributed by atoms with Crippen molar-refractivity contribution < 1.29 is 14.0 Å². The van der Waals surface area contributed by atoms with Gasteiger partial charge in [-0.1, -0.05) is 93.6 Å². The molecule has 0 saturated heterocycles. The van der Waals surface area contributed by atoms with Crippen molar-refractivity contribution in [3.8, 4) is 0 Å². The summed E-state index contributed by atoms with van der Waals surface area (Å²) < 4.78 is 13.0. The first kappa shape index (κ1) is 25.4. The molecular formula is C28H39NO3Si. The van der Waals surface area contributed by atoms with E-state index < -0.39 is 8.32 Å². The van der Waals surface area contributed by atoms with Gasteiger partial charge in [0.2, 0.25) is 5.91 Å². The standard InChI is InChI=1S/C28H39NO3Si/c1-28(2,3)33(25-14-8-6-9-15-25,26-16-10-7-11-17-26)32-20-12-13-24-19-18-23(22-31-24)21-27(30)29(4)5/h6-11,14-19,23-24H,12-13,20-22H2,1-5H3/t23-,24-/m0/s1. The van der Waals surface area contributed by atoms with Gasteiger partial charge < -0.3 is 14.1 Å². The fraction of sp³-hybridized carbons (Fsp3) is 0.464. The zero-order valence-corrected chi connectivity index (χ0v) is 21.8. The minimum absolute atomic E-state index is 0.0108. The van der Waals surface area contributed by atoms with Crippen molar-refractivity contribution >= 4 is 24.6 Å². The molecule has 1 aliphatic rings. The molecule has 0 radical (unpaired) electrons. The number of hydrogen-bond acceptors (Lipinski definition) is 3. The Labute approximate surface area is 200 Å². The van der Waals surface area contributed by atoms with Crippen LogP contribution in [0.1, 0.15) is 40.0 Å². The zero-order valence-electron chi connectivity index (χ0n) is 20.8. The van der Waals surface area contributed by atoms with Crippen LogP contribution in [-0.2, 0) is 14.0 Å². The predicted octanol–water partition coefficient (Wildman–Crippen LogP) is 4.39. The Bertz CT molecular complexity index is 866. The van der Waals surface area contributed by atoms with Gasteiger partial charge in [-0.15, -0.1) is 0 Å². The maximum absolute atomic E-state index is 11.9. The van der Waals surface area contributed by atoms with E-state index in [1.54, 1.807) is 19.0 Å². The van der Waals surface area contributed by atoms with Crippen LogP contribution in [0.15, 0.2) is 72.8 Å². The average molecular weight is 466 g/mol. The Balaban J connectivity index is 1.66. The lowest BCUT2D eigenvalue weighted by Crippen LogP contribution is -2.66. The molecule has 1 amide bonds. The molecule has 1 heterocycles. The summed E-state index contributed by atoms with van der Waals surface area (Å²) in [6.07, 6.45) is 6.73. The number of benzene rings is 2. The highest BCUT2D eigenvalue weighted by atomic mass is 28.4. The molecule has 0 N–H and O–H groups in total. The van der Waals surface area contributed by atoms with Crippen molar-refractivity contribution in [2.75, 3.05) is 27.3 Å². The largest absolute Gasteiger partial charge is 0.407 e. The molecule has 0 aromatic heterocycles. The molecule has 178 valence electrons. The van der Waals surface area contributed by atoms with E-state index in [0.717, 1.165) is 12.8 Å². The van der Waals surface area contributed by atoms with Crippen molar-refractivity contribution in [3.05, 3.63) is 72.8 Å². The molecule has 2 atom stereocenters. The van der Waals surface area contributed by atoms with Crippen molar-refractivity contribution in [1.29, 1.82) is 0 Å². The van der Waals surface area contributed by atoms with Gasteiger partial charge in [-0.25, -0.2) is 0 Å². The lowest BCUT2D eigenvalue weighted by atomic mass is 10.0. The third kappa shape index (κ3) is 6.22. The fourth-order valence-electron chi connectivity index (χ4n) is 4.62. The van der Waals surface area contributed by atoms with Crippen molar-refractivity contribution in [1.82, 2.24) is 4.90 Å². The summed E-state index contributed by atoms with van der Waals surface area (Å²) in [5.41, 5.74) is 0. The summed E-state index contributed by atoms with van der Waals surface area (Å²) in [6, 6.07) is 21.5. The number of carbonyl (C=O) groups is 1. The highest BCUT2D eigenvalue weighted by Crippen LogP contribution is 2.36. The van der Waals surface area contributed by atoms with Gasteiger partial charge in [0.15, 0.2) is 0 Å². The molecule has 0 unspecified atom stereocenters. The monoisotopic (exact) mass is 465 g/mol. The number of ether oxygens (including phenoxy) is 1. The lowest BCUT2D eigenvalue weighted by Gasteiger charge is -2.43. The van der Waals surface area contributed by atoms with Gasteiger partial charge in [-0.2, -0.15) is 0 Å². The van der Waals surface area contributed by atoms with Gasteiger partial charge in [0, 0.05) is 33.0 Å². The number of carbonyl (C=O) groups excluding carboxylic acids is 1. The molecular weight excluding hydrogens is 426 g/mol. The second kappa shape index (κ2) is 11.3. The molecule has 33 heavy (non-hydrogen) atoms. The van der Waals surface area contributed by atoms with Crippen LogP contribution in [0.3, 0.4) is 0 Å². The zero-order chi connectivity index (χ0) is 23.9. The smallest absolute Gasteiger partial charge is 0.261 e. The van der Waals surface area contributed by atoms with Crippen LogP contribution >= 0.6 is 0 Å². The van der Waals surface area contributed by atoms with E-state index in [4.69, 9.17) is 9.16 Å². The molecule has 0 fully saturated rings. The van der Waals surface area contributed by atoms with E-state index in [1.807, 2.05) is 0 Å². The summed E-state index contributed by atoms with van der Waals surface area (Å²) in [7, 11) is 1.11. The molecule has 0 saturated carbocycles. The first-order chi connectivity index (χ1) is 15.7. The second-order valence-corrected chi connectivity index (χ2v) is 14.5. The Morgan fingerprint density at radius 3 is 2.03 bits per heavy atom. The van der Waals surface area contributed by atoms with Gasteiger partial charge in [0.25, 0.3) is 8.32 Å². The molecule has 0 aliphatic carbocycles. The van der Waals surface area contributed by atoms with Crippen LogP contribution in [0, 0.1) is 5.92 Å². The van der Waals surface area contributed by atoms with Crippen LogP contribution in [0.4, 0.5) is 0 Å². The molecule has 2 aromatic carbocycles. The molecule has 5 heteroatoms. The molecule has 2 aromatic rings. The molecule has 1 aliphatic heterocycles. The maximum Gasteiger partial charge on any atom is 0.261 e. The van der Waals surface area contributed by atoms with E-state index in [0.29, 0.717) is 19.6 Å². The van der Waals surface area contributed by atoms with Crippen LogP contribution in [0.5, 0.6) is 0 Å². The Hall–Kier alpha value is -2.21. The number of hydrogen-bond donors (Lipinski definition) is 0. The highest BCUT2D eigenvalue weighted by molar-refractivity contribution is 6.99. The Morgan fingerprint density at radius 1 is 1.00 bits per heavy atom. The maximum atomic E-state index is 11.9. The topological polar surface area (TPSA) is 38.8 Å². The Kier molecular flexibility index (Phi) is 8.68. The van der Waals surface area contributed by atoms with Crippen molar-refractivity contribution in [3.63, 3.8) is 0 Å². The lowest BCUT2D eigenvalue weighted by molar-refractivity contribution is -0.130. The normalized spacial score (nSPS) is 18.8. The number of rotatable bonds is 9. The van der Waals surface area contributed by atoms with Crippen molar-refractivity contribution in [2.45, 2.75) is 51.2 Å². The SMILES string of the molecule is CN(C)C(=O)C[C@@H]1C=C[C@H](CCCO[Si](c2ccccc2)(c2ccccc2)C(C)(C)C)OC1. The average Bonchev–Trinajstić information content (AvgIpc) is 2.80. The molecule has 3 rings (SSSR count). The van der Waals surface area contributed by atoms with Crippen LogP contribution < -0.4 is 10.4 Å². The predicted molar refractivity (Wildman–Crippen MR) is 138 cm³/mol.